The number of likely N-dealkylation sites (tertiary alicyclic amines) is 1. The largest absolute Gasteiger partial charge is 0.369 e. The maximum absolute atomic E-state index is 13.0. The molecule has 2 aliphatic rings. The van der Waals surface area contributed by atoms with E-state index in [0.29, 0.717) is 5.69 Å². The van der Waals surface area contributed by atoms with Crippen LogP contribution in [0.15, 0.2) is 0 Å². The highest BCUT2D eigenvalue weighted by Crippen LogP contribution is 2.31. The smallest absolute Gasteiger partial charge is 0.274 e. The van der Waals surface area contributed by atoms with Crippen molar-refractivity contribution in [1.82, 2.24) is 20.0 Å². The van der Waals surface area contributed by atoms with E-state index < -0.39 is 0 Å². The summed E-state index contributed by atoms with van der Waals surface area (Å²) in [4.78, 5) is 17.2. The van der Waals surface area contributed by atoms with Crippen LogP contribution in [0.3, 0.4) is 0 Å². The van der Waals surface area contributed by atoms with Crippen molar-refractivity contribution in [3.63, 3.8) is 0 Å². The molecular weight excluding hydrogens is 316 g/mol. The number of ether oxygens (including phenoxy) is 1. The number of rotatable bonds is 5. The Balaban J connectivity index is 1.57. The molecule has 1 fully saturated rings. The summed E-state index contributed by atoms with van der Waals surface area (Å²) >= 11 is 0. The fourth-order valence-corrected chi connectivity index (χ4v) is 4.12. The van der Waals surface area contributed by atoms with Crippen molar-refractivity contribution in [2.45, 2.75) is 58.2 Å². The molecule has 0 spiro atoms. The zero-order valence-corrected chi connectivity index (χ0v) is 16.0. The molecule has 140 valence electrons. The molecule has 0 aliphatic carbocycles. The van der Waals surface area contributed by atoms with E-state index in [1.807, 2.05) is 11.8 Å². The molecule has 25 heavy (non-hydrogen) atoms. The van der Waals surface area contributed by atoms with Gasteiger partial charge < -0.3 is 14.5 Å². The van der Waals surface area contributed by atoms with Crippen molar-refractivity contribution >= 4 is 5.91 Å². The van der Waals surface area contributed by atoms with Gasteiger partial charge in [-0.3, -0.25) is 9.89 Å². The maximum atomic E-state index is 13.0. The lowest BCUT2D eigenvalue weighted by Gasteiger charge is -2.32. The number of carbonyl (C=O) groups is 1. The summed E-state index contributed by atoms with van der Waals surface area (Å²) in [5, 5.41) is 7.38. The van der Waals surface area contributed by atoms with Crippen LogP contribution in [0.25, 0.3) is 0 Å². The van der Waals surface area contributed by atoms with Crippen LogP contribution >= 0.6 is 0 Å². The fraction of sp³-hybridized carbons (Fsp3) is 0.789. The van der Waals surface area contributed by atoms with Gasteiger partial charge in [0, 0.05) is 25.1 Å². The van der Waals surface area contributed by atoms with Crippen LogP contribution in [0.2, 0.25) is 0 Å². The predicted molar refractivity (Wildman–Crippen MR) is 97.7 cm³/mol. The number of fused-ring (bicyclic) bond motifs is 1. The summed E-state index contributed by atoms with van der Waals surface area (Å²) in [6.45, 7) is 6.93. The van der Waals surface area contributed by atoms with Gasteiger partial charge in [-0.25, -0.2) is 0 Å². The molecule has 1 amide bonds. The van der Waals surface area contributed by atoms with Crippen molar-refractivity contribution < 1.29 is 9.53 Å². The minimum absolute atomic E-state index is 0.0183. The second-order valence-corrected chi connectivity index (χ2v) is 7.94. The van der Waals surface area contributed by atoms with Gasteiger partial charge in [0.2, 0.25) is 0 Å². The van der Waals surface area contributed by atoms with Crippen LogP contribution < -0.4 is 0 Å². The third-order valence-electron chi connectivity index (χ3n) is 5.56. The first-order chi connectivity index (χ1) is 12.0. The van der Waals surface area contributed by atoms with Crippen molar-refractivity contribution in [3.05, 3.63) is 17.0 Å². The Labute approximate surface area is 150 Å². The van der Waals surface area contributed by atoms with Crippen molar-refractivity contribution in [2.24, 2.45) is 5.92 Å². The van der Waals surface area contributed by atoms with Gasteiger partial charge in [-0.1, -0.05) is 0 Å². The van der Waals surface area contributed by atoms with Gasteiger partial charge in [0.15, 0.2) is 5.69 Å². The van der Waals surface area contributed by atoms with E-state index in [4.69, 9.17) is 4.74 Å². The van der Waals surface area contributed by atoms with Crippen LogP contribution in [-0.2, 0) is 11.2 Å². The minimum Gasteiger partial charge on any atom is -0.369 e. The molecule has 1 N–H and O–H groups in total. The monoisotopic (exact) mass is 348 g/mol. The third-order valence-corrected chi connectivity index (χ3v) is 5.56. The van der Waals surface area contributed by atoms with Gasteiger partial charge in [0.05, 0.1) is 17.9 Å². The predicted octanol–water partition coefficient (Wildman–Crippen LogP) is 2.63. The highest BCUT2D eigenvalue weighted by atomic mass is 16.5. The Morgan fingerprint density at radius 3 is 2.72 bits per heavy atom. The molecule has 2 aliphatic heterocycles. The summed E-state index contributed by atoms with van der Waals surface area (Å²) in [5.41, 5.74) is 2.65. The fourth-order valence-electron chi connectivity index (χ4n) is 4.12. The summed E-state index contributed by atoms with van der Waals surface area (Å²) in [6, 6.07) is 0. The number of aromatic amines is 1. The third kappa shape index (κ3) is 4.23. The van der Waals surface area contributed by atoms with Gasteiger partial charge in [0.25, 0.3) is 5.91 Å². The summed E-state index contributed by atoms with van der Waals surface area (Å²) in [7, 11) is 4.25. The van der Waals surface area contributed by atoms with Crippen molar-refractivity contribution in [2.75, 3.05) is 33.7 Å². The average Bonchev–Trinajstić information content (AvgIpc) is 2.98. The Bertz CT molecular complexity index is 590. The molecule has 0 bridgehead atoms. The number of carbonyl (C=O) groups excluding carboxylic acids is 1. The van der Waals surface area contributed by atoms with Crippen LogP contribution in [0.1, 0.15) is 67.4 Å². The molecule has 1 aromatic heterocycles. The van der Waals surface area contributed by atoms with E-state index in [1.165, 1.54) is 12.8 Å². The van der Waals surface area contributed by atoms with Crippen LogP contribution in [0, 0.1) is 5.92 Å². The van der Waals surface area contributed by atoms with Gasteiger partial charge in [-0.05, 0) is 66.1 Å². The number of amides is 1. The molecule has 0 radical (unpaired) electrons. The lowest BCUT2D eigenvalue weighted by molar-refractivity contribution is -0.00703. The summed E-state index contributed by atoms with van der Waals surface area (Å²) in [5.74, 6) is 0.844. The molecule has 1 aromatic rings. The lowest BCUT2D eigenvalue weighted by atomic mass is 9.91. The van der Waals surface area contributed by atoms with Crippen LogP contribution in [-0.4, -0.2) is 65.7 Å². The van der Waals surface area contributed by atoms with Crippen molar-refractivity contribution in [3.8, 4) is 0 Å². The molecule has 2 atom stereocenters. The Morgan fingerprint density at radius 1 is 1.32 bits per heavy atom. The highest BCUT2D eigenvalue weighted by Gasteiger charge is 2.32. The number of H-pyrrole nitrogens is 1. The topological polar surface area (TPSA) is 61.5 Å². The maximum Gasteiger partial charge on any atom is 0.274 e. The van der Waals surface area contributed by atoms with E-state index in [1.54, 1.807) is 0 Å². The molecule has 0 saturated carbocycles. The number of nitrogens with one attached hydrogen (secondary N) is 1. The number of nitrogens with zero attached hydrogens (tertiary/aromatic N) is 3. The number of hydrogen-bond donors (Lipinski definition) is 1. The molecule has 6 heteroatoms. The molecular formula is C19H32N4O2. The SMILES string of the molecule is C[C@@H]1Cc2c(C(=O)N3CCC(CCCN(C)C)CC3)n[nH]c2[C@H](C)O1. The van der Waals surface area contributed by atoms with E-state index in [9.17, 15) is 4.79 Å². The van der Waals surface area contributed by atoms with E-state index in [-0.39, 0.29) is 18.1 Å². The van der Waals surface area contributed by atoms with Gasteiger partial charge in [-0.15, -0.1) is 0 Å². The van der Waals surface area contributed by atoms with E-state index >= 15 is 0 Å². The first-order valence-electron chi connectivity index (χ1n) is 9.62. The van der Waals surface area contributed by atoms with Crippen molar-refractivity contribution in [1.29, 1.82) is 0 Å². The molecule has 3 heterocycles. The quantitative estimate of drug-likeness (QED) is 0.888. The highest BCUT2D eigenvalue weighted by molar-refractivity contribution is 5.94. The van der Waals surface area contributed by atoms with E-state index in [2.05, 4.69) is 36.1 Å². The molecule has 0 unspecified atom stereocenters. The molecule has 6 nitrogen and oxygen atoms in total. The van der Waals surface area contributed by atoms with Crippen LogP contribution in [0.4, 0.5) is 0 Å². The number of hydrogen-bond acceptors (Lipinski definition) is 4. The number of piperidine rings is 1. The standard InChI is InChI=1S/C19H32N4O2/c1-13-12-16-17(14(2)25-13)20-21-18(16)19(24)23-10-7-15(8-11-23)6-5-9-22(3)4/h13-15H,5-12H2,1-4H3,(H,20,21)/t13-,14+/m1/s1. The molecule has 0 aromatic carbocycles. The Morgan fingerprint density at radius 2 is 2.04 bits per heavy atom. The summed E-state index contributed by atoms with van der Waals surface area (Å²) in [6.07, 6.45) is 5.62. The van der Waals surface area contributed by atoms with E-state index in [0.717, 1.165) is 56.1 Å². The Hall–Kier alpha value is -1.40. The normalized spacial score (nSPS) is 24.6. The van der Waals surface area contributed by atoms with Gasteiger partial charge in [0.1, 0.15) is 0 Å². The second kappa shape index (κ2) is 7.87. The average molecular weight is 348 g/mol. The Kier molecular flexibility index (Phi) is 5.79. The van der Waals surface area contributed by atoms with Gasteiger partial charge in [-0.2, -0.15) is 5.10 Å². The second-order valence-electron chi connectivity index (χ2n) is 7.94. The summed E-state index contributed by atoms with van der Waals surface area (Å²) < 4.78 is 5.82. The molecule has 1 saturated heterocycles. The first kappa shape index (κ1) is 18.4. The van der Waals surface area contributed by atoms with Crippen LogP contribution in [0.5, 0.6) is 0 Å². The zero-order valence-electron chi connectivity index (χ0n) is 16.0. The number of aromatic nitrogens is 2. The lowest BCUT2D eigenvalue weighted by Crippen LogP contribution is -2.39. The molecule has 3 rings (SSSR count). The van der Waals surface area contributed by atoms with Gasteiger partial charge >= 0.3 is 0 Å². The first-order valence-corrected chi connectivity index (χ1v) is 9.62. The zero-order chi connectivity index (χ0) is 18.0. The minimum atomic E-state index is -0.0183.